The molecule has 6 nitrogen and oxygen atoms in total. The van der Waals surface area contributed by atoms with Gasteiger partial charge < -0.3 is 10.3 Å². The topological polar surface area (TPSA) is 83.6 Å². The van der Waals surface area contributed by atoms with Gasteiger partial charge in [0.1, 0.15) is 5.82 Å². The van der Waals surface area contributed by atoms with Gasteiger partial charge >= 0.3 is 0 Å². The molecule has 108 valence electrons. The molecule has 2 N–H and O–H groups in total. The van der Waals surface area contributed by atoms with Crippen LogP contribution in [0.3, 0.4) is 0 Å². The van der Waals surface area contributed by atoms with E-state index >= 15 is 0 Å². The lowest BCUT2D eigenvalue weighted by atomic mass is 10.4. The first-order valence-corrected chi connectivity index (χ1v) is 7.97. The Morgan fingerprint density at radius 1 is 1.24 bits per heavy atom. The van der Waals surface area contributed by atoms with Crippen molar-refractivity contribution in [3.05, 3.63) is 42.2 Å². The molecule has 3 aromatic heterocycles. The van der Waals surface area contributed by atoms with Crippen LogP contribution in [-0.4, -0.2) is 30.7 Å². The van der Waals surface area contributed by atoms with Crippen LogP contribution in [0.1, 0.15) is 12.6 Å². The van der Waals surface area contributed by atoms with Crippen LogP contribution in [0.25, 0.3) is 11.2 Å². The predicted molar refractivity (Wildman–Crippen MR) is 82.4 cm³/mol. The molecule has 0 aliphatic heterocycles. The third-order valence-electron chi connectivity index (χ3n) is 2.90. The molecular formula is C14H15N5OS. The third kappa shape index (κ3) is 3.08. The van der Waals surface area contributed by atoms with E-state index in [-0.39, 0.29) is 0 Å². The average Bonchev–Trinajstić information content (AvgIpc) is 2.92. The second-order valence-electron chi connectivity index (χ2n) is 4.45. The van der Waals surface area contributed by atoms with Gasteiger partial charge in [0.2, 0.25) is 0 Å². The summed E-state index contributed by atoms with van der Waals surface area (Å²) in [5.74, 6) is 1.10. The van der Waals surface area contributed by atoms with Gasteiger partial charge in [0.15, 0.2) is 10.8 Å². The zero-order valence-electron chi connectivity index (χ0n) is 11.5. The molecule has 0 aliphatic carbocycles. The van der Waals surface area contributed by atoms with Gasteiger partial charge in [-0.2, -0.15) is 0 Å². The highest BCUT2D eigenvalue weighted by Gasteiger charge is 2.12. The lowest BCUT2D eigenvalue weighted by molar-refractivity contribution is 0.677. The fourth-order valence-electron chi connectivity index (χ4n) is 1.94. The Kier molecular flexibility index (Phi) is 3.92. The van der Waals surface area contributed by atoms with Crippen molar-refractivity contribution >= 4 is 27.8 Å². The fraction of sp³-hybridized carbons (Fsp3) is 0.214. The van der Waals surface area contributed by atoms with Crippen LogP contribution in [0.15, 0.2) is 41.7 Å². The van der Waals surface area contributed by atoms with Crippen molar-refractivity contribution in [2.45, 2.75) is 17.8 Å². The van der Waals surface area contributed by atoms with E-state index in [1.165, 1.54) is 0 Å². The summed E-state index contributed by atoms with van der Waals surface area (Å²) in [7, 11) is -1.27. The molecule has 0 spiro atoms. The molecule has 0 aromatic carbocycles. The average molecular weight is 301 g/mol. The zero-order chi connectivity index (χ0) is 14.7. The van der Waals surface area contributed by atoms with E-state index in [0.717, 1.165) is 23.6 Å². The van der Waals surface area contributed by atoms with E-state index in [1.54, 1.807) is 6.20 Å². The lowest BCUT2D eigenvalue weighted by Gasteiger charge is -1.99. The number of anilines is 1. The quantitative estimate of drug-likeness (QED) is 0.754. The maximum atomic E-state index is 12.3. The van der Waals surface area contributed by atoms with Crippen molar-refractivity contribution in [3.63, 3.8) is 0 Å². The number of imidazole rings is 1. The predicted octanol–water partition coefficient (Wildman–Crippen LogP) is 2.09. The van der Waals surface area contributed by atoms with Gasteiger partial charge in [0, 0.05) is 12.7 Å². The van der Waals surface area contributed by atoms with Crippen molar-refractivity contribution in [2.75, 3.05) is 11.9 Å². The first kappa shape index (κ1) is 13.7. The van der Waals surface area contributed by atoms with Crippen LogP contribution in [0, 0.1) is 0 Å². The number of aromatic nitrogens is 4. The Labute approximate surface area is 124 Å². The summed E-state index contributed by atoms with van der Waals surface area (Å²) >= 11 is 0. The molecule has 0 aliphatic rings. The number of rotatable bonds is 5. The second-order valence-corrected chi connectivity index (χ2v) is 5.82. The van der Waals surface area contributed by atoms with Crippen molar-refractivity contribution in [1.82, 2.24) is 19.9 Å². The highest BCUT2D eigenvalue weighted by Crippen LogP contribution is 2.16. The van der Waals surface area contributed by atoms with Crippen LogP contribution in [-0.2, 0) is 16.6 Å². The minimum absolute atomic E-state index is 0.334. The van der Waals surface area contributed by atoms with E-state index in [4.69, 9.17) is 0 Å². The summed E-state index contributed by atoms with van der Waals surface area (Å²) in [6, 6.07) is 9.31. The maximum absolute atomic E-state index is 12.3. The van der Waals surface area contributed by atoms with Gasteiger partial charge in [-0.15, -0.1) is 0 Å². The van der Waals surface area contributed by atoms with Crippen LogP contribution < -0.4 is 5.32 Å². The van der Waals surface area contributed by atoms with Gasteiger partial charge in [-0.3, -0.25) is 9.19 Å². The highest BCUT2D eigenvalue weighted by atomic mass is 32.2. The number of fused-ring (bicyclic) bond motifs is 1. The number of nitrogens with zero attached hydrogens (tertiary/aromatic N) is 3. The molecule has 3 rings (SSSR count). The molecule has 3 aromatic rings. The van der Waals surface area contributed by atoms with Crippen LogP contribution >= 0.6 is 0 Å². The van der Waals surface area contributed by atoms with E-state index in [0.29, 0.717) is 16.6 Å². The van der Waals surface area contributed by atoms with Gasteiger partial charge in [0.25, 0.3) is 0 Å². The van der Waals surface area contributed by atoms with Gasteiger partial charge in [-0.25, -0.2) is 9.97 Å². The molecule has 7 heteroatoms. The summed E-state index contributed by atoms with van der Waals surface area (Å²) in [5, 5.41) is 3.55. The largest absolute Gasteiger partial charge is 0.370 e. The molecule has 1 unspecified atom stereocenters. The van der Waals surface area contributed by atoms with Crippen LogP contribution in [0.4, 0.5) is 5.82 Å². The first-order chi connectivity index (χ1) is 10.3. The monoisotopic (exact) mass is 301 g/mol. The number of H-pyrrole nitrogens is 1. The molecule has 0 bridgehead atoms. The smallest absolute Gasteiger partial charge is 0.199 e. The summed E-state index contributed by atoms with van der Waals surface area (Å²) < 4.78 is 12.3. The van der Waals surface area contributed by atoms with Gasteiger partial charge in [-0.1, -0.05) is 6.07 Å². The van der Waals surface area contributed by atoms with Crippen molar-refractivity contribution in [2.24, 2.45) is 0 Å². The molecule has 0 radical (unpaired) electrons. The minimum atomic E-state index is -1.27. The number of aromatic amines is 1. The van der Waals surface area contributed by atoms with E-state index < -0.39 is 10.8 Å². The Morgan fingerprint density at radius 3 is 2.90 bits per heavy atom. The summed E-state index contributed by atoms with van der Waals surface area (Å²) in [5.41, 5.74) is 2.12. The first-order valence-electron chi connectivity index (χ1n) is 6.65. The molecule has 1 atom stereocenters. The molecule has 0 fully saturated rings. The number of hydrogen-bond donors (Lipinski definition) is 2. The number of nitrogens with one attached hydrogen (secondary N) is 2. The van der Waals surface area contributed by atoms with Crippen molar-refractivity contribution in [3.8, 4) is 0 Å². The van der Waals surface area contributed by atoms with E-state index in [9.17, 15) is 4.21 Å². The normalized spacial score (nSPS) is 12.4. The van der Waals surface area contributed by atoms with E-state index in [2.05, 4.69) is 25.3 Å². The van der Waals surface area contributed by atoms with Gasteiger partial charge in [0.05, 0.1) is 27.8 Å². The Morgan fingerprint density at radius 2 is 2.14 bits per heavy atom. The Bertz CT molecular complexity index is 771. The molecule has 21 heavy (non-hydrogen) atoms. The number of hydrogen-bond acceptors (Lipinski definition) is 5. The molecular weight excluding hydrogens is 286 g/mol. The van der Waals surface area contributed by atoms with Gasteiger partial charge in [-0.05, 0) is 31.2 Å². The molecule has 0 saturated carbocycles. The minimum Gasteiger partial charge on any atom is -0.370 e. The SMILES string of the molecule is CCNc1ccc2[nH]c(S(=O)Cc3ccccn3)nc2n1. The van der Waals surface area contributed by atoms with Crippen LogP contribution in [0.2, 0.25) is 0 Å². The zero-order valence-corrected chi connectivity index (χ0v) is 12.4. The van der Waals surface area contributed by atoms with Crippen LogP contribution in [0.5, 0.6) is 0 Å². The molecule has 0 amide bonds. The summed E-state index contributed by atoms with van der Waals surface area (Å²) in [4.78, 5) is 15.9. The fourth-order valence-corrected chi connectivity index (χ4v) is 2.93. The van der Waals surface area contributed by atoms with Crippen molar-refractivity contribution < 1.29 is 4.21 Å². The summed E-state index contributed by atoms with van der Waals surface area (Å²) in [6.07, 6.45) is 1.69. The second kappa shape index (κ2) is 6.01. The maximum Gasteiger partial charge on any atom is 0.199 e. The standard InChI is InChI=1S/C14H15N5OS/c1-2-15-12-7-6-11-13(18-12)19-14(17-11)21(20)9-10-5-3-4-8-16-10/h3-8H,2,9H2,1H3,(H2,15,17,18,19). The molecule has 0 saturated heterocycles. The third-order valence-corrected chi connectivity index (χ3v) is 4.09. The number of pyridine rings is 2. The van der Waals surface area contributed by atoms with Crippen molar-refractivity contribution in [1.29, 1.82) is 0 Å². The Balaban J connectivity index is 1.85. The lowest BCUT2D eigenvalue weighted by Crippen LogP contribution is -2.00. The van der Waals surface area contributed by atoms with E-state index in [1.807, 2.05) is 37.3 Å². The molecule has 3 heterocycles. The highest BCUT2D eigenvalue weighted by molar-refractivity contribution is 7.84. The Hall–Kier alpha value is -2.28. The summed E-state index contributed by atoms with van der Waals surface area (Å²) in [6.45, 7) is 2.80.